The molecule has 4 heteroatoms. The minimum Gasteiger partial charge on any atom is -0.370 e. The molecule has 116 valence electrons. The predicted octanol–water partition coefficient (Wildman–Crippen LogP) is 4.52. The molecule has 21 heavy (non-hydrogen) atoms. The van der Waals surface area contributed by atoms with Gasteiger partial charge in [-0.3, -0.25) is 0 Å². The molecule has 0 saturated carbocycles. The van der Waals surface area contributed by atoms with Crippen molar-refractivity contribution in [3.8, 4) is 0 Å². The Morgan fingerprint density at radius 3 is 2.24 bits per heavy atom. The minimum absolute atomic E-state index is 0.0583. The molecular weight excluding hydrogens is 307 g/mol. The maximum Gasteiger partial charge on any atom is 0.113 e. The zero-order chi connectivity index (χ0) is 15.5. The molecule has 2 aliphatic rings. The van der Waals surface area contributed by atoms with Crippen LogP contribution >= 0.6 is 23.2 Å². The van der Waals surface area contributed by atoms with Crippen molar-refractivity contribution in [2.75, 3.05) is 0 Å². The van der Waals surface area contributed by atoms with Gasteiger partial charge >= 0.3 is 0 Å². The second kappa shape index (κ2) is 4.61. The lowest BCUT2D eigenvalue weighted by atomic mass is 9.66. The van der Waals surface area contributed by atoms with Crippen LogP contribution < -0.4 is 0 Å². The summed E-state index contributed by atoms with van der Waals surface area (Å²) in [7, 11) is 0. The first-order chi connectivity index (χ1) is 9.64. The molecule has 2 bridgehead atoms. The van der Waals surface area contributed by atoms with Crippen LogP contribution in [0.25, 0.3) is 0 Å². The molecule has 2 aliphatic heterocycles. The quantitative estimate of drug-likeness (QED) is 0.759. The van der Waals surface area contributed by atoms with Crippen LogP contribution in [0.2, 0.25) is 0 Å². The molecule has 1 aromatic rings. The van der Waals surface area contributed by atoms with E-state index >= 15 is 0 Å². The highest BCUT2D eigenvalue weighted by Gasteiger charge is 2.78. The highest BCUT2D eigenvalue weighted by Crippen LogP contribution is 2.67. The van der Waals surface area contributed by atoms with E-state index in [0.29, 0.717) is 6.61 Å². The van der Waals surface area contributed by atoms with Crippen LogP contribution in [-0.4, -0.2) is 27.1 Å². The second-order valence-electron chi connectivity index (χ2n) is 6.94. The molecule has 0 amide bonds. The summed E-state index contributed by atoms with van der Waals surface area (Å²) in [4.78, 5) is -1.31. The van der Waals surface area contributed by atoms with Crippen LogP contribution in [-0.2, 0) is 16.1 Å². The average Bonchev–Trinajstić information content (AvgIpc) is 2.75. The zero-order valence-electron chi connectivity index (χ0n) is 13.0. The van der Waals surface area contributed by atoms with Gasteiger partial charge in [0.05, 0.1) is 28.1 Å². The molecule has 0 aromatic heterocycles. The highest BCUT2D eigenvalue weighted by atomic mass is 35.5. The molecule has 2 unspecified atom stereocenters. The van der Waals surface area contributed by atoms with E-state index in [0.717, 1.165) is 12.0 Å². The Labute approximate surface area is 136 Å². The van der Waals surface area contributed by atoms with E-state index in [-0.39, 0.29) is 6.10 Å². The Morgan fingerprint density at radius 1 is 1.10 bits per heavy atom. The maximum atomic E-state index is 6.83. The topological polar surface area (TPSA) is 18.5 Å². The van der Waals surface area contributed by atoms with E-state index in [1.54, 1.807) is 0 Å². The van der Waals surface area contributed by atoms with Crippen molar-refractivity contribution in [3.05, 3.63) is 35.9 Å². The first kappa shape index (κ1) is 15.6. The van der Waals surface area contributed by atoms with E-state index in [2.05, 4.69) is 12.1 Å². The van der Waals surface area contributed by atoms with Gasteiger partial charge in [0.1, 0.15) is 5.60 Å². The number of hydrogen-bond acceptors (Lipinski definition) is 2. The molecule has 0 radical (unpaired) electrons. The molecule has 0 N–H and O–H groups in total. The van der Waals surface area contributed by atoms with E-state index < -0.39 is 21.0 Å². The van der Waals surface area contributed by atoms with Crippen molar-refractivity contribution in [1.82, 2.24) is 0 Å². The molecule has 2 nitrogen and oxygen atoms in total. The van der Waals surface area contributed by atoms with Gasteiger partial charge in [-0.2, -0.15) is 0 Å². The number of rotatable bonds is 3. The summed E-state index contributed by atoms with van der Waals surface area (Å²) in [5.41, 5.74) is 0.0920. The highest BCUT2D eigenvalue weighted by molar-refractivity contribution is 6.36. The molecule has 0 spiro atoms. The van der Waals surface area contributed by atoms with Gasteiger partial charge in [0, 0.05) is 6.42 Å². The number of benzene rings is 1. The molecule has 5 atom stereocenters. The summed E-state index contributed by atoms with van der Waals surface area (Å²) in [6, 6.07) is 10.1. The average molecular weight is 329 g/mol. The van der Waals surface area contributed by atoms with Gasteiger partial charge in [-0.05, 0) is 33.3 Å². The summed E-state index contributed by atoms with van der Waals surface area (Å²) in [6.45, 7) is 8.56. The van der Waals surface area contributed by atoms with Crippen LogP contribution in [0.15, 0.2) is 30.3 Å². The van der Waals surface area contributed by atoms with Gasteiger partial charge in [0.25, 0.3) is 0 Å². The fourth-order valence-corrected chi connectivity index (χ4v) is 4.42. The van der Waals surface area contributed by atoms with Crippen LogP contribution in [0.1, 0.15) is 39.7 Å². The van der Waals surface area contributed by atoms with Crippen molar-refractivity contribution < 1.29 is 9.47 Å². The molecule has 2 heterocycles. The second-order valence-corrected chi connectivity index (χ2v) is 8.45. The standard InChI is InChI=1S/C17H22Cl2O2/c1-14-10-13(20-11-12-8-6-5-7-9-12)15(2,21-14)17(4,19)16(14,3)18/h5-9,13H,10-11H2,1-4H3/t13-,14+,15-,16?,17?/m0/s1. The number of alkyl halides is 2. The minimum atomic E-state index is -0.685. The van der Waals surface area contributed by atoms with E-state index in [1.165, 1.54) is 0 Å². The third kappa shape index (κ3) is 1.92. The number of halogens is 2. The summed E-state index contributed by atoms with van der Waals surface area (Å²) < 4.78 is 12.4. The summed E-state index contributed by atoms with van der Waals surface area (Å²) in [6.07, 6.45) is 0.704. The zero-order valence-corrected chi connectivity index (χ0v) is 14.5. The Hall–Kier alpha value is -0.280. The van der Waals surface area contributed by atoms with Gasteiger partial charge in [0.15, 0.2) is 0 Å². The summed E-state index contributed by atoms with van der Waals surface area (Å²) in [5, 5.41) is 0. The Balaban J connectivity index is 1.81. The van der Waals surface area contributed by atoms with Gasteiger partial charge in [-0.1, -0.05) is 30.3 Å². The van der Waals surface area contributed by atoms with Crippen LogP contribution in [0, 0.1) is 0 Å². The molecule has 2 fully saturated rings. The van der Waals surface area contributed by atoms with Crippen molar-refractivity contribution in [2.45, 2.75) is 67.8 Å². The molecule has 2 saturated heterocycles. The van der Waals surface area contributed by atoms with Crippen LogP contribution in [0.3, 0.4) is 0 Å². The van der Waals surface area contributed by atoms with E-state index in [9.17, 15) is 0 Å². The fourth-order valence-electron chi connectivity index (χ4n) is 3.76. The Bertz CT molecular complexity index is 543. The Morgan fingerprint density at radius 2 is 1.71 bits per heavy atom. The Kier molecular flexibility index (Phi) is 3.43. The molecule has 0 aliphatic carbocycles. The van der Waals surface area contributed by atoms with Crippen molar-refractivity contribution >= 4 is 23.2 Å². The first-order valence-corrected chi connectivity index (χ1v) is 8.13. The molecule has 1 aromatic carbocycles. The number of hydrogen-bond donors (Lipinski definition) is 0. The number of ether oxygens (including phenoxy) is 2. The third-order valence-corrected chi connectivity index (χ3v) is 7.36. The van der Waals surface area contributed by atoms with Gasteiger partial charge in [-0.25, -0.2) is 0 Å². The predicted molar refractivity (Wildman–Crippen MR) is 86.0 cm³/mol. The monoisotopic (exact) mass is 328 g/mol. The molecular formula is C17H22Cl2O2. The van der Waals surface area contributed by atoms with Gasteiger partial charge < -0.3 is 9.47 Å². The largest absolute Gasteiger partial charge is 0.370 e. The summed E-state index contributed by atoms with van der Waals surface area (Å²) in [5.74, 6) is 0. The van der Waals surface area contributed by atoms with Gasteiger partial charge in [0.2, 0.25) is 0 Å². The molecule has 3 rings (SSSR count). The van der Waals surface area contributed by atoms with Gasteiger partial charge in [-0.15, -0.1) is 23.2 Å². The van der Waals surface area contributed by atoms with E-state index in [4.69, 9.17) is 32.7 Å². The maximum absolute atomic E-state index is 6.83. The van der Waals surface area contributed by atoms with Crippen LogP contribution in [0.5, 0.6) is 0 Å². The van der Waals surface area contributed by atoms with Crippen molar-refractivity contribution in [3.63, 3.8) is 0 Å². The fraction of sp³-hybridized carbons (Fsp3) is 0.647. The smallest absolute Gasteiger partial charge is 0.113 e. The normalized spacial score (nSPS) is 48.8. The van der Waals surface area contributed by atoms with Crippen molar-refractivity contribution in [2.24, 2.45) is 0 Å². The number of fused-ring (bicyclic) bond motifs is 2. The van der Waals surface area contributed by atoms with Crippen molar-refractivity contribution in [1.29, 1.82) is 0 Å². The van der Waals surface area contributed by atoms with Crippen LogP contribution in [0.4, 0.5) is 0 Å². The lowest BCUT2D eigenvalue weighted by molar-refractivity contribution is -0.0926. The SMILES string of the molecule is CC1(Cl)C(C)(Cl)[C@@]2(C)O[C@]1(C)C[C@@H]2OCc1ccccc1. The first-order valence-electron chi connectivity index (χ1n) is 7.38. The lowest BCUT2D eigenvalue weighted by Gasteiger charge is -2.48. The summed E-state index contributed by atoms with van der Waals surface area (Å²) >= 11 is 13.6. The lowest BCUT2D eigenvalue weighted by Crippen LogP contribution is -2.63. The van der Waals surface area contributed by atoms with E-state index in [1.807, 2.05) is 45.9 Å². The third-order valence-electron chi connectivity index (χ3n) is 5.73.